The summed E-state index contributed by atoms with van der Waals surface area (Å²) in [6.07, 6.45) is 2.41. The number of carbonyl (C=O) groups excluding carboxylic acids is 2. The summed E-state index contributed by atoms with van der Waals surface area (Å²) in [5.41, 5.74) is 2.69. The van der Waals surface area contributed by atoms with Crippen molar-refractivity contribution in [1.29, 1.82) is 0 Å². The van der Waals surface area contributed by atoms with E-state index >= 15 is 0 Å². The summed E-state index contributed by atoms with van der Waals surface area (Å²) in [7, 11) is 0. The van der Waals surface area contributed by atoms with E-state index in [1.807, 2.05) is 30.3 Å². The van der Waals surface area contributed by atoms with Crippen LogP contribution in [0.4, 0.5) is 5.69 Å². The van der Waals surface area contributed by atoms with E-state index in [9.17, 15) is 9.59 Å². The molecule has 1 N–H and O–H groups in total. The summed E-state index contributed by atoms with van der Waals surface area (Å²) >= 11 is 0. The first-order valence-corrected chi connectivity index (χ1v) is 8.86. The maximum absolute atomic E-state index is 12.4. The zero-order chi connectivity index (χ0) is 17.6. The molecule has 1 heterocycles. The highest BCUT2D eigenvalue weighted by Gasteiger charge is 2.22. The van der Waals surface area contributed by atoms with Gasteiger partial charge in [0.05, 0.1) is 0 Å². The van der Waals surface area contributed by atoms with Crippen LogP contribution in [-0.4, -0.2) is 24.9 Å². The second-order valence-electron chi connectivity index (χ2n) is 6.70. The normalized spacial score (nSPS) is 15.2. The lowest BCUT2D eigenvalue weighted by molar-refractivity contribution is -0.117. The Morgan fingerprint density at radius 2 is 1.96 bits per heavy atom. The number of benzene rings is 2. The lowest BCUT2D eigenvalue weighted by atomic mass is 10.0. The zero-order valence-electron chi connectivity index (χ0n) is 14.6. The molecule has 3 rings (SSSR count). The Hall–Kier alpha value is -2.62. The first-order chi connectivity index (χ1) is 12.1. The molecule has 4 heteroatoms. The number of rotatable bonds is 6. The monoisotopic (exact) mass is 336 g/mol. The summed E-state index contributed by atoms with van der Waals surface area (Å²) in [5.74, 6) is 0.400. The molecule has 2 aromatic rings. The van der Waals surface area contributed by atoms with Crippen LogP contribution < -0.4 is 10.2 Å². The molecule has 0 aromatic heterocycles. The van der Waals surface area contributed by atoms with E-state index in [-0.39, 0.29) is 11.8 Å². The van der Waals surface area contributed by atoms with Crippen molar-refractivity contribution in [2.75, 3.05) is 18.0 Å². The van der Waals surface area contributed by atoms with Crippen LogP contribution in [0.15, 0.2) is 54.6 Å². The summed E-state index contributed by atoms with van der Waals surface area (Å²) in [6.45, 7) is 3.49. The number of carbonyl (C=O) groups is 2. The minimum Gasteiger partial charge on any atom is -0.352 e. The fourth-order valence-electron chi connectivity index (χ4n) is 3.19. The third-order valence-electron chi connectivity index (χ3n) is 4.53. The summed E-state index contributed by atoms with van der Waals surface area (Å²) in [4.78, 5) is 26.1. The van der Waals surface area contributed by atoms with Crippen LogP contribution >= 0.6 is 0 Å². The quantitative estimate of drug-likeness (QED) is 0.879. The molecule has 25 heavy (non-hydrogen) atoms. The standard InChI is InChI=1S/C21H24N2O2/c1-16(13-17-7-3-2-4-8-17)15-22-21(25)18-9-5-10-19(14-18)23-12-6-11-20(23)24/h2-5,7-10,14,16H,6,11-13,15H2,1H3,(H,22,25). The molecule has 0 radical (unpaired) electrons. The van der Waals surface area contributed by atoms with Gasteiger partial charge >= 0.3 is 0 Å². The fraction of sp³-hybridized carbons (Fsp3) is 0.333. The Morgan fingerprint density at radius 3 is 2.68 bits per heavy atom. The molecule has 0 saturated carbocycles. The molecule has 0 aliphatic carbocycles. The number of hydrogen-bond acceptors (Lipinski definition) is 2. The second kappa shape index (κ2) is 7.97. The van der Waals surface area contributed by atoms with Crippen LogP contribution in [-0.2, 0) is 11.2 Å². The van der Waals surface area contributed by atoms with Gasteiger partial charge in [-0.05, 0) is 42.5 Å². The van der Waals surface area contributed by atoms with E-state index in [1.165, 1.54) is 5.56 Å². The van der Waals surface area contributed by atoms with Gasteiger partial charge in [-0.3, -0.25) is 9.59 Å². The summed E-state index contributed by atoms with van der Waals surface area (Å²) in [5, 5.41) is 3.01. The molecule has 1 aliphatic rings. The first-order valence-electron chi connectivity index (χ1n) is 8.86. The van der Waals surface area contributed by atoms with E-state index < -0.39 is 0 Å². The van der Waals surface area contributed by atoms with Gasteiger partial charge in [-0.2, -0.15) is 0 Å². The molecule has 0 bridgehead atoms. The van der Waals surface area contributed by atoms with E-state index in [0.717, 1.165) is 25.1 Å². The van der Waals surface area contributed by atoms with Gasteiger partial charge in [0, 0.05) is 30.8 Å². The molecule has 1 unspecified atom stereocenters. The van der Waals surface area contributed by atoms with E-state index in [0.29, 0.717) is 24.4 Å². The molecular formula is C21H24N2O2. The van der Waals surface area contributed by atoms with E-state index in [1.54, 1.807) is 17.0 Å². The average molecular weight is 336 g/mol. The topological polar surface area (TPSA) is 49.4 Å². The van der Waals surface area contributed by atoms with Crippen molar-refractivity contribution in [3.63, 3.8) is 0 Å². The van der Waals surface area contributed by atoms with E-state index in [2.05, 4.69) is 24.4 Å². The van der Waals surface area contributed by atoms with Crippen LogP contribution in [0.2, 0.25) is 0 Å². The highest BCUT2D eigenvalue weighted by molar-refractivity contribution is 5.99. The van der Waals surface area contributed by atoms with Gasteiger partial charge in [0.25, 0.3) is 5.91 Å². The van der Waals surface area contributed by atoms with E-state index in [4.69, 9.17) is 0 Å². The smallest absolute Gasteiger partial charge is 0.251 e. The Kier molecular flexibility index (Phi) is 5.49. The van der Waals surface area contributed by atoms with Gasteiger partial charge < -0.3 is 10.2 Å². The maximum atomic E-state index is 12.4. The number of hydrogen-bond donors (Lipinski definition) is 1. The highest BCUT2D eigenvalue weighted by Crippen LogP contribution is 2.22. The Labute approximate surface area is 148 Å². The van der Waals surface area contributed by atoms with Crippen LogP contribution in [0, 0.1) is 5.92 Å². The van der Waals surface area contributed by atoms with Crippen LogP contribution in [0.3, 0.4) is 0 Å². The van der Waals surface area contributed by atoms with Gasteiger partial charge in [-0.1, -0.05) is 43.3 Å². The van der Waals surface area contributed by atoms with Crippen LogP contribution in [0.25, 0.3) is 0 Å². The lowest BCUT2D eigenvalue weighted by Crippen LogP contribution is -2.29. The largest absolute Gasteiger partial charge is 0.352 e. The number of anilines is 1. The zero-order valence-corrected chi connectivity index (χ0v) is 14.6. The van der Waals surface area contributed by atoms with Crippen molar-refractivity contribution >= 4 is 17.5 Å². The molecular weight excluding hydrogens is 312 g/mol. The van der Waals surface area contributed by atoms with Crippen molar-refractivity contribution in [3.8, 4) is 0 Å². The number of amides is 2. The fourth-order valence-corrected chi connectivity index (χ4v) is 3.19. The molecule has 130 valence electrons. The van der Waals surface area contributed by atoms with Crippen LogP contribution in [0.5, 0.6) is 0 Å². The van der Waals surface area contributed by atoms with Gasteiger partial charge in [0.1, 0.15) is 0 Å². The number of nitrogens with one attached hydrogen (secondary N) is 1. The van der Waals surface area contributed by atoms with Crippen molar-refractivity contribution in [2.24, 2.45) is 5.92 Å². The van der Waals surface area contributed by atoms with Crippen molar-refractivity contribution in [3.05, 3.63) is 65.7 Å². The molecule has 1 fully saturated rings. The SMILES string of the molecule is CC(CNC(=O)c1cccc(N2CCCC2=O)c1)Cc1ccccc1. The van der Waals surface area contributed by atoms with Crippen molar-refractivity contribution < 1.29 is 9.59 Å². The maximum Gasteiger partial charge on any atom is 0.251 e. The summed E-state index contributed by atoms with van der Waals surface area (Å²) < 4.78 is 0. The molecule has 1 atom stereocenters. The summed E-state index contributed by atoms with van der Waals surface area (Å²) in [6, 6.07) is 17.6. The number of nitrogens with zero attached hydrogens (tertiary/aromatic N) is 1. The third-order valence-corrected chi connectivity index (χ3v) is 4.53. The Bertz CT molecular complexity index is 743. The first kappa shape index (κ1) is 17.2. The average Bonchev–Trinajstić information content (AvgIpc) is 3.06. The predicted molar refractivity (Wildman–Crippen MR) is 99.7 cm³/mol. The van der Waals surface area contributed by atoms with Gasteiger partial charge in [0.2, 0.25) is 5.91 Å². The Morgan fingerprint density at radius 1 is 1.16 bits per heavy atom. The predicted octanol–water partition coefficient (Wildman–Crippen LogP) is 3.42. The van der Waals surface area contributed by atoms with Gasteiger partial charge in [-0.15, -0.1) is 0 Å². The van der Waals surface area contributed by atoms with Crippen LogP contribution in [0.1, 0.15) is 35.7 Å². The second-order valence-corrected chi connectivity index (χ2v) is 6.70. The van der Waals surface area contributed by atoms with Crippen molar-refractivity contribution in [1.82, 2.24) is 5.32 Å². The lowest BCUT2D eigenvalue weighted by Gasteiger charge is -2.17. The highest BCUT2D eigenvalue weighted by atomic mass is 16.2. The molecule has 1 aliphatic heterocycles. The minimum absolute atomic E-state index is 0.0894. The molecule has 2 aromatic carbocycles. The minimum atomic E-state index is -0.0894. The molecule has 4 nitrogen and oxygen atoms in total. The van der Waals surface area contributed by atoms with Gasteiger partial charge in [0.15, 0.2) is 0 Å². The molecule has 2 amide bonds. The van der Waals surface area contributed by atoms with Crippen molar-refractivity contribution in [2.45, 2.75) is 26.2 Å². The van der Waals surface area contributed by atoms with Gasteiger partial charge in [-0.25, -0.2) is 0 Å². The molecule has 0 spiro atoms. The third kappa shape index (κ3) is 4.47. The molecule has 1 saturated heterocycles. The Balaban J connectivity index is 1.57.